The maximum absolute atomic E-state index is 11.0. The topological polar surface area (TPSA) is 84.4 Å². The molecule has 41 heavy (non-hydrogen) atoms. The van der Waals surface area contributed by atoms with E-state index in [1.165, 1.54) is 23.9 Å². The lowest BCUT2D eigenvalue weighted by atomic mass is 10.0. The molecule has 1 saturated heterocycles. The highest BCUT2D eigenvalue weighted by atomic mass is 35.5. The van der Waals surface area contributed by atoms with Gasteiger partial charge in [0.05, 0.1) is 16.7 Å². The first-order valence-corrected chi connectivity index (χ1v) is 14.4. The zero-order chi connectivity index (χ0) is 28.5. The van der Waals surface area contributed by atoms with E-state index in [-0.39, 0.29) is 17.8 Å². The fourth-order valence-corrected chi connectivity index (χ4v) is 6.12. The number of hydrogen-bond donors (Lipinski definition) is 1. The Bertz CT molecular complexity index is 1730. The number of non-ortho nitro benzene ring substituents is 1. The minimum absolute atomic E-state index is 0.0693. The van der Waals surface area contributed by atoms with Crippen LogP contribution >= 0.6 is 35.6 Å². The quantitative estimate of drug-likeness (QED) is 0.113. The number of nitrogens with one attached hydrogen (secondary N) is 1. The molecule has 0 aliphatic carbocycles. The molecular formula is C31H23ClN4O3S2. The Morgan fingerprint density at radius 2 is 1.73 bits per heavy atom. The van der Waals surface area contributed by atoms with E-state index in [0.717, 1.165) is 38.1 Å². The first-order chi connectivity index (χ1) is 19.9. The highest BCUT2D eigenvalue weighted by Crippen LogP contribution is 2.43. The number of hydrogen-bond acceptors (Lipinski definition) is 6. The maximum atomic E-state index is 11.0. The van der Waals surface area contributed by atoms with Gasteiger partial charge < -0.3 is 14.6 Å². The van der Waals surface area contributed by atoms with Crippen molar-refractivity contribution in [3.8, 4) is 11.3 Å². The van der Waals surface area contributed by atoms with Crippen LogP contribution in [0.2, 0.25) is 5.02 Å². The second-order valence-electron chi connectivity index (χ2n) is 9.51. The van der Waals surface area contributed by atoms with Gasteiger partial charge in [-0.1, -0.05) is 41.6 Å². The normalized spacial score (nSPS) is 16.5. The van der Waals surface area contributed by atoms with Gasteiger partial charge in [-0.3, -0.25) is 15.1 Å². The lowest BCUT2D eigenvalue weighted by Gasteiger charge is -2.26. The van der Waals surface area contributed by atoms with E-state index in [1.54, 1.807) is 18.3 Å². The smallest absolute Gasteiger partial charge is 0.269 e. The van der Waals surface area contributed by atoms with Crippen LogP contribution in [-0.2, 0) is 0 Å². The molecule has 1 aliphatic heterocycles. The largest absolute Gasteiger partial charge is 0.459 e. The molecule has 10 heteroatoms. The summed E-state index contributed by atoms with van der Waals surface area (Å²) >= 11 is 13.8. The van der Waals surface area contributed by atoms with Gasteiger partial charge in [0.15, 0.2) is 5.11 Å². The van der Waals surface area contributed by atoms with Crippen LogP contribution in [0.5, 0.6) is 0 Å². The van der Waals surface area contributed by atoms with Crippen molar-refractivity contribution in [2.45, 2.75) is 28.8 Å². The summed E-state index contributed by atoms with van der Waals surface area (Å²) in [5.74, 6) is 1.46. The van der Waals surface area contributed by atoms with Crippen LogP contribution in [0.15, 0.2) is 117 Å². The van der Waals surface area contributed by atoms with Gasteiger partial charge in [0, 0.05) is 44.4 Å². The Labute approximate surface area is 251 Å². The van der Waals surface area contributed by atoms with E-state index < -0.39 is 4.92 Å². The standard InChI is InChI=1S/C31H23ClN4O3S2/c1-19-5-6-20(18-25(19)32)27-15-16-28(39-27)30-29(26-4-2-3-17-33-26)34-31(40)35(30)21-7-11-23(12-8-21)41-24-13-9-22(10-14-24)36(37)38/h2-18,29-30H,1H3,(H,34,40). The second kappa shape index (κ2) is 11.4. The molecule has 0 bridgehead atoms. The third kappa shape index (κ3) is 5.56. The van der Waals surface area contributed by atoms with Crippen LogP contribution in [0.3, 0.4) is 0 Å². The summed E-state index contributed by atoms with van der Waals surface area (Å²) in [5.41, 5.74) is 3.72. The molecule has 3 aromatic carbocycles. The number of nitrogens with zero attached hydrogens (tertiary/aromatic N) is 3. The van der Waals surface area contributed by atoms with Crippen molar-refractivity contribution in [3.05, 3.63) is 135 Å². The van der Waals surface area contributed by atoms with Crippen LogP contribution < -0.4 is 10.2 Å². The van der Waals surface area contributed by atoms with Crippen molar-refractivity contribution < 1.29 is 9.34 Å². The lowest BCUT2D eigenvalue weighted by molar-refractivity contribution is -0.384. The van der Waals surface area contributed by atoms with Gasteiger partial charge in [-0.25, -0.2) is 0 Å². The van der Waals surface area contributed by atoms with Crippen molar-refractivity contribution in [3.63, 3.8) is 0 Å². The van der Waals surface area contributed by atoms with Gasteiger partial charge in [-0.05, 0) is 91.4 Å². The number of pyridine rings is 1. The van der Waals surface area contributed by atoms with Crippen molar-refractivity contribution in [2.24, 2.45) is 0 Å². The van der Waals surface area contributed by atoms with E-state index in [2.05, 4.69) is 15.2 Å². The summed E-state index contributed by atoms with van der Waals surface area (Å²) in [6.45, 7) is 1.97. The molecule has 0 radical (unpaired) electrons. The van der Waals surface area contributed by atoms with E-state index in [1.807, 2.05) is 79.7 Å². The number of nitro groups is 1. The number of thiocarbonyl (C=S) groups is 1. The van der Waals surface area contributed by atoms with Crippen LogP contribution in [0.25, 0.3) is 11.3 Å². The van der Waals surface area contributed by atoms with Gasteiger partial charge >= 0.3 is 0 Å². The Morgan fingerprint density at radius 1 is 1.00 bits per heavy atom. The summed E-state index contributed by atoms with van der Waals surface area (Å²) in [7, 11) is 0. The molecule has 6 rings (SSSR count). The minimum atomic E-state index is -0.400. The molecule has 2 aromatic heterocycles. The van der Waals surface area contributed by atoms with Gasteiger partial charge in [-0.2, -0.15) is 0 Å². The third-order valence-electron chi connectivity index (χ3n) is 6.87. The number of aromatic nitrogens is 1. The number of rotatable bonds is 7. The van der Waals surface area contributed by atoms with Gasteiger partial charge in [-0.15, -0.1) is 0 Å². The average Bonchev–Trinajstić information content (AvgIpc) is 3.60. The summed E-state index contributed by atoms with van der Waals surface area (Å²) in [6, 6.07) is 29.7. The summed E-state index contributed by atoms with van der Waals surface area (Å²) in [6.07, 6.45) is 1.77. The Hall–Kier alpha value is -4.18. The number of furan rings is 1. The van der Waals surface area contributed by atoms with Crippen LogP contribution in [0.4, 0.5) is 11.4 Å². The molecule has 2 unspecified atom stereocenters. The number of halogens is 1. The van der Waals surface area contributed by atoms with Crippen LogP contribution in [-0.4, -0.2) is 15.0 Å². The van der Waals surface area contributed by atoms with Crippen LogP contribution in [0.1, 0.15) is 29.1 Å². The molecule has 7 nitrogen and oxygen atoms in total. The monoisotopic (exact) mass is 598 g/mol. The molecule has 1 aliphatic rings. The number of benzene rings is 3. The van der Waals surface area contributed by atoms with Crippen molar-refractivity contribution in [2.75, 3.05) is 4.90 Å². The molecule has 1 fully saturated rings. The average molecular weight is 599 g/mol. The van der Waals surface area contributed by atoms with Gasteiger partial charge in [0.25, 0.3) is 5.69 Å². The zero-order valence-electron chi connectivity index (χ0n) is 21.7. The minimum Gasteiger partial charge on any atom is -0.459 e. The summed E-state index contributed by atoms with van der Waals surface area (Å²) in [4.78, 5) is 19.1. The maximum Gasteiger partial charge on any atom is 0.269 e. The van der Waals surface area contributed by atoms with E-state index in [0.29, 0.717) is 15.9 Å². The lowest BCUT2D eigenvalue weighted by Crippen LogP contribution is -2.29. The van der Waals surface area contributed by atoms with Gasteiger partial charge in [0.2, 0.25) is 0 Å². The molecule has 0 amide bonds. The van der Waals surface area contributed by atoms with Crippen LogP contribution in [0, 0.1) is 17.0 Å². The zero-order valence-corrected chi connectivity index (χ0v) is 24.1. The van der Waals surface area contributed by atoms with Crippen molar-refractivity contribution in [1.29, 1.82) is 0 Å². The Balaban J connectivity index is 1.32. The Kier molecular flexibility index (Phi) is 7.49. The van der Waals surface area contributed by atoms with E-state index >= 15 is 0 Å². The number of nitro benzene ring substituents is 1. The van der Waals surface area contributed by atoms with Crippen molar-refractivity contribution >= 4 is 52.1 Å². The fourth-order valence-electron chi connectivity index (χ4n) is 4.78. The first kappa shape index (κ1) is 27.0. The molecule has 204 valence electrons. The summed E-state index contributed by atoms with van der Waals surface area (Å²) < 4.78 is 6.45. The van der Waals surface area contributed by atoms with E-state index in [9.17, 15) is 10.1 Å². The van der Waals surface area contributed by atoms with Crippen molar-refractivity contribution in [1.82, 2.24) is 10.3 Å². The molecular weight excluding hydrogens is 576 g/mol. The molecule has 5 aromatic rings. The SMILES string of the molecule is Cc1ccc(-c2ccc(C3C(c4ccccn4)NC(=S)N3c3ccc(Sc4ccc([N+](=O)[O-])cc4)cc3)o2)cc1Cl. The highest BCUT2D eigenvalue weighted by Gasteiger charge is 2.42. The Morgan fingerprint density at radius 3 is 2.39 bits per heavy atom. The molecule has 0 saturated carbocycles. The van der Waals surface area contributed by atoms with E-state index in [4.69, 9.17) is 28.2 Å². The molecule has 3 heterocycles. The highest BCUT2D eigenvalue weighted by molar-refractivity contribution is 7.99. The fraction of sp³-hybridized carbons (Fsp3) is 0.0968. The predicted octanol–water partition coefficient (Wildman–Crippen LogP) is 8.54. The molecule has 0 spiro atoms. The number of anilines is 1. The summed E-state index contributed by atoms with van der Waals surface area (Å²) in [5, 5.41) is 15.7. The first-order valence-electron chi connectivity index (χ1n) is 12.8. The molecule has 1 N–H and O–H groups in total. The molecule has 2 atom stereocenters. The predicted molar refractivity (Wildman–Crippen MR) is 165 cm³/mol. The second-order valence-corrected chi connectivity index (χ2v) is 11.5. The van der Waals surface area contributed by atoms with Gasteiger partial charge in [0.1, 0.15) is 17.6 Å². The number of aryl methyl sites for hydroxylation is 1. The third-order valence-corrected chi connectivity index (χ3v) is 8.61.